The van der Waals surface area contributed by atoms with Crippen LogP contribution in [0, 0.1) is 5.41 Å². The minimum absolute atomic E-state index is 0.0157. The zero-order valence-corrected chi connectivity index (χ0v) is 16.5. The number of hydrogen-bond donors (Lipinski definition) is 1. The third-order valence-corrected chi connectivity index (χ3v) is 5.92. The molecule has 0 saturated heterocycles. The lowest BCUT2D eigenvalue weighted by molar-refractivity contribution is -0.137. The first-order chi connectivity index (χ1) is 14.1. The van der Waals surface area contributed by atoms with E-state index in [1.807, 2.05) is 26.0 Å². The van der Waals surface area contributed by atoms with Crippen LogP contribution in [0.4, 0.5) is 18.9 Å². The van der Waals surface area contributed by atoms with Gasteiger partial charge in [-0.25, -0.2) is 0 Å². The van der Waals surface area contributed by atoms with Crippen molar-refractivity contribution >= 4 is 11.5 Å². The van der Waals surface area contributed by atoms with Crippen LogP contribution in [0.3, 0.4) is 0 Å². The van der Waals surface area contributed by atoms with Crippen LogP contribution in [-0.4, -0.2) is 12.6 Å². The second-order valence-corrected chi connectivity index (χ2v) is 8.80. The van der Waals surface area contributed by atoms with Crippen LogP contribution in [0.25, 0.3) is 0 Å². The second kappa shape index (κ2) is 6.27. The van der Waals surface area contributed by atoms with Crippen LogP contribution in [0.5, 0.6) is 11.5 Å². The summed E-state index contributed by atoms with van der Waals surface area (Å²) in [6.07, 6.45) is -3.34. The molecule has 0 unspecified atom stereocenters. The van der Waals surface area contributed by atoms with E-state index in [1.54, 1.807) is 0 Å². The van der Waals surface area contributed by atoms with E-state index >= 15 is 0 Å². The number of alkyl halides is 3. The van der Waals surface area contributed by atoms with E-state index in [0.717, 1.165) is 29.1 Å². The fourth-order valence-electron chi connectivity index (χ4n) is 4.61. The Morgan fingerprint density at radius 3 is 2.37 bits per heavy atom. The predicted octanol–water partition coefficient (Wildman–Crippen LogP) is 5.63. The maximum Gasteiger partial charge on any atom is 0.416 e. The lowest BCUT2D eigenvalue weighted by Crippen LogP contribution is -2.33. The number of ether oxygens (including phenoxy) is 2. The summed E-state index contributed by atoms with van der Waals surface area (Å²) in [5.74, 6) is 0.733. The third-order valence-electron chi connectivity index (χ3n) is 5.92. The second-order valence-electron chi connectivity index (χ2n) is 8.80. The molecule has 30 heavy (non-hydrogen) atoms. The van der Waals surface area contributed by atoms with Crippen molar-refractivity contribution < 1.29 is 27.4 Å². The van der Waals surface area contributed by atoms with Gasteiger partial charge in [-0.3, -0.25) is 4.79 Å². The number of carbonyl (C=O) groups excluding carboxylic acids is 1. The molecule has 0 aromatic heterocycles. The molecule has 2 aromatic rings. The molecule has 0 radical (unpaired) electrons. The Bertz CT molecular complexity index is 1080. The van der Waals surface area contributed by atoms with Gasteiger partial charge in [0, 0.05) is 35.4 Å². The monoisotopic (exact) mass is 415 g/mol. The number of halogens is 3. The van der Waals surface area contributed by atoms with Gasteiger partial charge in [0.2, 0.25) is 6.79 Å². The highest BCUT2D eigenvalue weighted by atomic mass is 19.4. The van der Waals surface area contributed by atoms with Gasteiger partial charge < -0.3 is 14.8 Å². The minimum Gasteiger partial charge on any atom is -0.454 e. The summed E-state index contributed by atoms with van der Waals surface area (Å²) >= 11 is 0. The summed E-state index contributed by atoms with van der Waals surface area (Å²) in [6.45, 7) is 4.19. The summed E-state index contributed by atoms with van der Waals surface area (Å²) in [5.41, 5.74) is 2.77. The molecule has 1 aliphatic carbocycles. The van der Waals surface area contributed by atoms with Gasteiger partial charge in [-0.2, -0.15) is 13.2 Å². The predicted molar refractivity (Wildman–Crippen MR) is 105 cm³/mol. The summed E-state index contributed by atoms with van der Waals surface area (Å²) in [4.78, 5) is 13.2. The van der Waals surface area contributed by atoms with E-state index in [2.05, 4.69) is 5.32 Å². The van der Waals surface area contributed by atoms with Crippen molar-refractivity contribution in [3.63, 3.8) is 0 Å². The maximum atomic E-state index is 13.2. The Morgan fingerprint density at radius 2 is 1.70 bits per heavy atom. The fourth-order valence-corrected chi connectivity index (χ4v) is 4.61. The summed E-state index contributed by atoms with van der Waals surface area (Å²) in [5, 5.41) is 3.39. The van der Waals surface area contributed by atoms with E-state index in [1.165, 1.54) is 12.1 Å². The van der Waals surface area contributed by atoms with Gasteiger partial charge in [-0.1, -0.05) is 26.0 Å². The summed E-state index contributed by atoms with van der Waals surface area (Å²) < 4.78 is 50.2. The number of rotatable bonds is 1. The molecule has 4 nitrogen and oxygen atoms in total. The Labute approximate surface area is 171 Å². The number of fused-ring (bicyclic) bond motifs is 2. The number of nitrogens with one attached hydrogen (secondary N) is 1. The third kappa shape index (κ3) is 3.04. The molecule has 2 heterocycles. The number of anilines is 1. The van der Waals surface area contributed by atoms with Crippen LogP contribution in [0.15, 0.2) is 47.7 Å². The van der Waals surface area contributed by atoms with Crippen molar-refractivity contribution in [3.05, 3.63) is 64.4 Å². The smallest absolute Gasteiger partial charge is 0.416 e. The average molecular weight is 415 g/mol. The van der Waals surface area contributed by atoms with Gasteiger partial charge >= 0.3 is 6.18 Å². The highest BCUT2D eigenvalue weighted by molar-refractivity contribution is 6.01. The van der Waals surface area contributed by atoms with Gasteiger partial charge in [0.05, 0.1) is 5.56 Å². The molecule has 5 rings (SSSR count). The average Bonchev–Trinajstić information content (AvgIpc) is 3.10. The molecule has 7 heteroatoms. The molecule has 1 N–H and O–H groups in total. The highest BCUT2D eigenvalue weighted by Crippen LogP contribution is 2.52. The highest BCUT2D eigenvalue weighted by Gasteiger charge is 2.41. The molecular formula is C23H20F3NO3. The molecule has 0 spiro atoms. The van der Waals surface area contributed by atoms with E-state index in [4.69, 9.17) is 9.47 Å². The van der Waals surface area contributed by atoms with Crippen molar-refractivity contribution in [1.29, 1.82) is 0 Å². The Balaban J connectivity index is 1.68. The van der Waals surface area contributed by atoms with E-state index in [0.29, 0.717) is 35.5 Å². The van der Waals surface area contributed by atoms with Crippen LogP contribution in [-0.2, 0) is 11.0 Å². The number of ketones is 1. The summed E-state index contributed by atoms with van der Waals surface area (Å²) in [6, 6.07) is 8.73. The van der Waals surface area contributed by atoms with E-state index < -0.39 is 17.7 Å². The number of carbonyl (C=O) groups is 1. The van der Waals surface area contributed by atoms with Gasteiger partial charge in [-0.15, -0.1) is 0 Å². The fraction of sp³-hybridized carbons (Fsp3) is 0.348. The molecule has 0 amide bonds. The molecule has 1 atom stereocenters. The quantitative estimate of drug-likeness (QED) is 0.655. The van der Waals surface area contributed by atoms with Crippen LogP contribution < -0.4 is 14.8 Å². The van der Waals surface area contributed by atoms with Gasteiger partial charge in [0.1, 0.15) is 0 Å². The maximum absolute atomic E-state index is 13.2. The normalized spacial score (nSPS) is 21.8. The molecule has 0 fully saturated rings. The standard InChI is InChI=1S/C23H20F3NO3/c1-22(2)9-16-21(17(28)10-22)20(12-3-5-13(6-4-12)23(24,25)26)14-7-18-19(30-11-29-18)8-15(14)27-16/h3-8,20,27H,9-11H2,1-2H3/t20-/m1/s1. The van der Waals surface area contributed by atoms with Crippen LogP contribution in [0.1, 0.15) is 49.3 Å². The van der Waals surface area contributed by atoms with Crippen LogP contribution >= 0.6 is 0 Å². The van der Waals surface area contributed by atoms with Gasteiger partial charge in [0.15, 0.2) is 17.3 Å². The van der Waals surface area contributed by atoms with Crippen molar-refractivity contribution in [1.82, 2.24) is 0 Å². The lowest BCUT2D eigenvalue weighted by atomic mass is 9.68. The lowest BCUT2D eigenvalue weighted by Gasteiger charge is -2.39. The Hall–Kier alpha value is -2.96. The SMILES string of the molecule is CC1(C)CC(=O)C2=C(C1)Nc1cc3c(cc1[C@H]2c1ccc(C(F)(F)F)cc1)OCO3. The molecule has 2 aromatic carbocycles. The largest absolute Gasteiger partial charge is 0.454 e. The number of benzene rings is 2. The van der Waals surface area contributed by atoms with Crippen molar-refractivity contribution in [2.24, 2.45) is 5.41 Å². The molecule has 156 valence electrons. The zero-order chi connectivity index (χ0) is 21.3. The molecule has 0 bridgehead atoms. The van der Waals surface area contributed by atoms with Crippen molar-refractivity contribution in [3.8, 4) is 11.5 Å². The first-order valence-electron chi connectivity index (χ1n) is 9.76. The van der Waals surface area contributed by atoms with Gasteiger partial charge in [0.25, 0.3) is 0 Å². The molecule has 3 aliphatic rings. The first kappa shape index (κ1) is 19.0. The van der Waals surface area contributed by atoms with Crippen molar-refractivity contribution in [2.45, 2.75) is 38.8 Å². The van der Waals surface area contributed by atoms with E-state index in [9.17, 15) is 18.0 Å². The Morgan fingerprint density at radius 1 is 1.03 bits per heavy atom. The van der Waals surface area contributed by atoms with Crippen molar-refractivity contribution in [2.75, 3.05) is 12.1 Å². The number of hydrogen-bond acceptors (Lipinski definition) is 4. The molecule has 2 aliphatic heterocycles. The molecular weight excluding hydrogens is 395 g/mol. The first-order valence-corrected chi connectivity index (χ1v) is 9.76. The zero-order valence-electron chi connectivity index (χ0n) is 16.5. The van der Waals surface area contributed by atoms with Crippen LogP contribution in [0.2, 0.25) is 0 Å². The number of Topliss-reactive ketones (excluding diaryl/α,β-unsaturated/α-hetero) is 1. The molecule has 0 saturated carbocycles. The summed E-state index contributed by atoms with van der Waals surface area (Å²) in [7, 11) is 0. The van der Waals surface area contributed by atoms with Gasteiger partial charge in [-0.05, 0) is 41.2 Å². The van der Waals surface area contributed by atoms with E-state index in [-0.39, 0.29) is 18.0 Å². The number of allylic oxidation sites excluding steroid dienone is 2. The topological polar surface area (TPSA) is 47.6 Å². The Kier molecular flexibility index (Phi) is 3.98. The minimum atomic E-state index is -4.41.